The Bertz CT molecular complexity index is 713. The summed E-state index contributed by atoms with van der Waals surface area (Å²) in [5.41, 5.74) is 2.08. The van der Waals surface area contributed by atoms with Crippen LogP contribution in [0.25, 0.3) is 0 Å². The molecule has 1 aromatic rings. The van der Waals surface area contributed by atoms with E-state index in [1.54, 1.807) is 0 Å². The van der Waals surface area contributed by atoms with E-state index >= 15 is 0 Å². The number of nitrogens with one attached hydrogen (secondary N) is 1. The largest absolute Gasteiger partial charge is 0.350 e. The molecule has 0 unspecified atom stereocenters. The predicted octanol–water partition coefficient (Wildman–Crippen LogP) is 0.940. The number of carbonyl (C=O) groups excluding carboxylic acids is 1. The second-order valence-electron chi connectivity index (χ2n) is 7.23. The molecule has 0 aliphatic carbocycles. The molecule has 3 rings (SSSR count). The van der Waals surface area contributed by atoms with Crippen LogP contribution in [-0.4, -0.2) is 53.6 Å². The molecule has 7 nitrogen and oxygen atoms in total. The molecular weight excluding hydrogens is 340 g/mol. The van der Waals surface area contributed by atoms with Gasteiger partial charge in [-0.2, -0.15) is 5.10 Å². The second kappa shape index (κ2) is 7.86. The minimum Gasteiger partial charge on any atom is -0.350 e. The average molecular weight is 369 g/mol. The molecule has 3 heterocycles. The van der Waals surface area contributed by atoms with E-state index < -0.39 is 9.84 Å². The molecule has 2 aliphatic heterocycles. The number of hydrogen-bond donors (Lipinski definition) is 1. The Morgan fingerprint density at radius 1 is 1.40 bits per heavy atom. The Hall–Kier alpha value is -1.41. The van der Waals surface area contributed by atoms with Crippen LogP contribution in [0.2, 0.25) is 0 Å². The third-order valence-corrected chi connectivity index (χ3v) is 6.79. The zero-order valence-electron chi connectivity index (χ0n) is 14.9. The molecule has 1 fully saturated rings. The van der Waals surface area contributed by atoms with Crippen LogP contribution in [0.1, 0.15) is 44.0 Å². The third kappa shape index (κ3) is 5.04. The maximum absolute atomic E-state index is 12.1. The van der Waals surface area contributed by atoms with Gasteiger partial charge in [-0.15, -0.1) is 0 Å². The highest BCUT2D eigenvalue weighted by Crippen LogP contribution is 2.21. The maximum atomic E-state index is 12.1. The van der Waals surface area contributed by atoms with Crippen molar-refractivity contribution in [2.45, 2.75) is 52.2 Å². The average Bonchev–Trinajstić information content (AvgIpc) is 3.02. The van der Waals surface area contributed by atoms with Crippen molar-refractivity contribution < 1.29 is 13.2 Å². The fraction of sp³-hybridized carbons (Fsp3) is 0.765. The summed E-state index contributed by atoms with van der Waals surface area (Å²) >= 11 is 0. The van der Waals surface area contributed by atoms with Gasteiger partial charge >= 0.3 is 0 Å². The minimum atomic E-state index is -2.92. The van der Waals surface area contributed by atoms with Gasteiger partial charge in [0.15, 0.2) is 9.84 Å². The first kappa shape index (κ1) is 18.4. The zero-order chi connectivity index (χ0) is 17.9. The van der Waals surface area contributed by atoms with Gasteiger partial charge in [-0.1, -0.05) is 6.92 Å². The first-order chi connectivity index (χ1) is 11.9. The van der Waals surface area contributed by atoms with Crippen LogP contribution in [0.15, 0.2) is 6.07 Å². The summed E-state index contributed by atoms with van der Waals surface area (Å²) in [5, 5.41) is 7.50. The van der Waals surface area contributed by atoms with E-state index in [1.807, 2.05) is 0 Å². The van der Waals surface area contributed by atoms with Crippen molar-refractivity contribution >= 4 is 15.7 Å². The lowest BCUT2D eigenvalue weighted by Gasteiger charge is -2.17. The summed E-state index contributed by atoms with van der Waals surface area (Å²) in [5.74, 6) is 0.239. The molecular formula is C17H28N4O3S. The summed E-state index contributed by atoms with van der Waals surface area (Å²) in [6, 6.07) is 2.08. The summed E-state index contributed by atoms with van der Waals surface area (Å²) in [7, 11) is -2.92. The number of sulfone groups is 1. The van der Waals surface area contributed by atoms with Gasteiger partial charge in [0.25, 0.3) is 0 Å². The highest BCUT2D eigenvalue weighted by atomic mass is 32.2. The summed E-state index contributed by atoms with van der Waals surface area (Å²) in [6.07, 6.45) is 3.13. The van der Waals surface area contributed by atoms with Crippen molar-refractivity contribution in [2.24, 2.45) is 5.92 Å². The van der Waals surface area contributed by atoms with E-state index in [-0.39, 0.29) is 29.8 Å². The quantitative estimate of drug-likeness (QED) is 0.808. The maximum Gasteiger partial charge on any atom is 0.220 e. The van der Waals surface area contributed by atoms with Crippen molar-refractivity contribution in [1.82, 2.24) is 20.0 Å². The van der Waals surface area contributed by atoms with Gasteiger partial charge in [0.05, 0.1) is 29.4 Å². The van der Waals surface area contributed by atoms with E-state index in [0.717, 1.165) is 44.7 Å². The van der Waals surface area contributed by atoms with Crippen LogP contribution in [0.5, 0.6) is 0 Å². The normalized spacial score (nSPS) is 23.2. The van der Waals surface area contributed by atoms with E-state index in [4.69, 9.17) is 0 Å². The Kier molecular flexibility index (Phi) is 5.78. The van der Waals surface area contributed by atoms with Crippen molar-refractivity contribution in [3.05, 3.63) is 17.5 Å². The lowest BCUT2D eigenvalue weighted by Crippen LogP contribution is -2.26. The number of aryl methyl sites for hydroxylation is 1. The molecule has 0 radical (unpaired) electrons. The molecule has 8 heteroatoms. The van der Waals surface area contributed by atoms with Crippen molar-refractivity contribution in [3.63, 3.8) is 0 Å². The van der Waals surface area contributed by atoms with Crippen LogP contribution >= 0.6 is 0 Å². The zero-order valence-corrected chi connectivity index (χ0v) is 15.7. The van der Waals surface area contributed by atoms with E-state index in [1.165, 1.54) is 5.69 Å². The van der Waals surface area contributed by atoms with E-state index in [9.17, 15) is 13.2 Å². The first-order valence-corrected chi connectivity index (χ1v) is 11.0. The Morgan fingerprint density at radius 3 is 2.96 bits per heavy atom. The number of nitrogens with zero attached hydrogens (tertiary/aromatic N) is 3. The minimum absolute atomic E-state index is 0.0358. The predicted molar refractivity (Wildman–Crippen MR) is 95.6 cm³/mol. The standard InChI is InChI=1S/C17H28N4O3S/c1-2-5-20-6-3-7-21-16(12-20)10-15(19-21)11-18-17(22)9-14-4-8-25(23,24)13-14/h10,14H,2-9,11-13H2,1H3,(H,18,22)/t14-/m0/s1. The third-order valence-electron chi connectivity index (χ3n) is 4.95. The number of carbonyl (C=O) groups is 1. The lowest BCUT2D eigenvalue weighted by atomic mass is 10.1. The molecule has 0 saturated carbocycles. The van der Waals surface area contributed by atoms with Gasteiger partial charge in [-0.25, -0.2) is 8.42 Å². The second-order valence-corrected chi connectivity index (χ2v) is 9.46. The molecule has 0 spiro atoms. The molecule has 1 saturated heterocycles. The SMILES string of the molecule is CCCN1CCCn2nc(CNC(=O)C[C@@H]3CCS(=O)(=O)C3)cc2C1. The van der Waals surface area contributed by atoms with Crippen LogP contribution in [-0.2, 0) is 34.3 Å². The van der Waals surface area contributed by atoms with Crippen LogP contribution in [0.3, 0.4) is 0 Å². The number of fused-ring (bicyclic) bond motifs is 1. The summed E-state index contributed by atoms with van der Waals surface area (Å²) < 4.78 is 25.0. The molecule has 1 aromatic heterocycles. The molecule has 1 N–H and O–H groups in total. The van der Waals surface area contributed by atoms with E-state index in [0.29, 0.717) is 13.0 Å². The monoisotopic (exact) mass is 368 g/mol. The molecule has 0 bridgehead atoms. The fourth-order valence-corrected chi connectivity index (χ4v) is 5.60. The smallest absolute Gasteiger partial charge is 0.220 e. The highest BCUT2D eigenvalue weighted by molar-refractivity contribution is 7.91. The lowest BCUT2D eigenvalue weighted by molar-refractivity contribution is -0.122. The fourth-order valence-electron chi connectivity index (χ4n) is 3.74. The highest BCUT2D eigenvalue weighted by Gasteiger charge is 2.29. The van der Waals surface area contributed by atoms with Crippen LogP contribution < -0.4 is 5.32 Å². The molecule has 2 aliphatic rings. The number of aromatic nitrogens is 2. The molecule has 0 aromatic carbocycles. The Balaban J connectivity index is 1.51. The molecule has 25 heavy (non-hydrogen) atoms. The molecule has 1 atom stereocenters. The van der Waals surface area contributed by atoms with Crippen LogP contribution in [0.4, 0.5) is 0 Å². The Morgan fingerprint density at radius 2 is 2.24 bits per heavy atom. The summed E-state index contributed by atoms with van der Waals surface area (Å²) in [4.78, 5) is 14.5. The number of rotatable bonds is 6. The van der Waals surface area contributed by atoms with Gasteiger partial charge in [-0.05, 0) is 37.8 Å². The molecule has 1 amide bonds. The summed E-state index contributed by atoms with van der Waals surface area (Å²) in [6.45, 7) is 6.64. The van der Waals surface area contributed by atoms with Gasteiger partial charge in [0.1, 0.15) is 0 Å². The Labute approximate surface area is 149 Å². The number of hydrogen-bond acceptors (Lipinski definition) is 5. The topological polar surface area (TPSA) is 84.3 Å². The van der Waals surface area contributed by atoms with Gasteiger partial charge in [-0.3, -0.25) is 14.4 Å². The molecule has 140 valence electrons. The van der Waals surface area contributed by atoms with Crippen molar-refractivity contribution in [2.75, 3.05) is 24.6 Å². The van der Waals surface area contributed by atoms with Gasteiger partial charge in [0, 0.05) is 26.1 Å². The van der Waals surface area contributed by atoms with Gasteiger partial charge in [0.2, 0.25) is 5.91 Å². The van der Waals surface area contributed by atoms with Crippen molar-refractivity contribution in [3.8, 4) is 0 Å². The van der Waals surface area contributed by atoms with E-state index in [2.05, 4.69) is 33.0 Å². The number of amides is 1. The first-order valence-electron chi connectivity index (χ1n) is 9.20. The van der Waals surface area contributed by atoms with Crippen LogP contribution in [0, 0.1) is 5.92 Å². The van der Waals surface area contributed by atoms with Crippen molar-refractivity contribution in [1.29, 1.82) is 0 Å². The van der Waals surface area contributed by atoms with Gasteiger partial charge < -0.3 is 5.32 Å².